The van der Waals surface area contributed by atoms with Gasteiger partial charge in [0.15, 0.2) is 11.5 Å². The number of carbonyl (C=O) groups is 1. The number of likely N-dealkylation sites (N-methyl/N-ethyl adjacent to an activating group) is 1. The van der Waals surface area contributed by atoms with Crippen LogP contribution in [0.3, 0.4) is 0 Å². The third-order valence-electron chi connectivity index (χ3n) is 4.24. The van der Waals surface area contributed by atoms with E-state index in [9.17, 15) is 4.79 Å². The molecule has 0 saturated heterocycles. The van der Waals surface area contributed by atoms with Gasteiger partial charge in [-0.1, -0.05) is 12.1 Å². The van der Waals surface area contributed by atoms with Crippen molar-refractivity contribution in [1.29, 1.82) is 0 Å². The molecule has 26 heavy (non-hydrogen) atoms. The molecule has 1 N–H and O–H groups in total. The van der Waals surface area contributed by atoms with E-state index in [0.29, 0.717) is 24.6 Å². The molecule has 5 nitrogen and oxygen atoms in total. The van der Waals surface area contributed by atoms with Gasteiger partial charge in [-0.05, 0) is 64.2 Å². The van der Waals surface area contributed by atoms with Crippen LogP contribution in [0.1, 0.15) is 9.67 Å². The molecule has 1 amide bonds. The lowest BCUT2D eigenvalue weighted by molar-refractivity contribution is 0.0491. The molecule has 0 unspecified atom stereocenters. The Bertz CT molecular complexity index is 739. The maximum Gasteiger partial charge on any atom is 0.261 e. The summed E-state index contributed by atoms with van der Waals surface area (Å²) < 4.78 is 13.7. The molecule has 142 valence electrons. The zero-order valence-electron chi connectivity index (χ0n) is 14.3. The third-order valence-corrected chi connectivity index (χ3v) is 7.49. The average molecular weight is 527 g/mol. The van der Waals surface area contributed by atoms with E-state index in [-0.39, 0.29) is 18.3 Å². The highest BCUT2D eigenvalue weighted by Gasteiger charge is 2.38. The van der Waals surface area contributed by atoms with Crippen LogP contribution in [0, 0.1) is 0 Å². The van der Waals surface area contributed by atoms with Gasteiger partial charge >= 0.3 is 0 Å². The molecule has 1 aromatic heterocycles. The van der Waals surface area contributed by atoms with Crippen molar-refractivity contribution < 1.29 is 14.3 Å². The molecule has 2 heterocycles. The normalized spacial score (nSPS) is 15.1. The SMILES string of the molecule is CN(C)C1(CNC(=O)c2cc(Br)c(Br)s2)COc2ccccc2OC1.Cl. The summed E-state index contributed by atoms with van der Waals surface area (Å²) in [6, 6.07) is 9.42. The van der Waals surface area contributed by atoms with Gasteiger partial charge in [-0.3, -0.25) is 9.69 Å². The molecule has 1 aromatic carbocycles. The van der Waals surface area contributed by atoms with Crippen molar-refractivity contribution >= 4 is 61.5 Å². The fourth-order valence-electron chi connectivity index (χ4n) is 2.46. The van der Waals surface area contributed by atoms with Gasteiger partial charge in [-0.25, -0.2) is 0 Å². The van der Waals surface area contributed by atoms with Crippen molar-refractivity contribution in [3.8, 4) is 11.5 Å². The predicted molar refractivity (Wildman–Crippen MR) is 113 cm³/mol. The van der Waals surface area contributed by atoms with E-state index >= 15 is 0 Å². The number of rotatable bonds is 4. The standard InChI is InChI=1S/C17H18Br2N2O3S.ClH/c1-21(2)17(8-20-16(22)14-7-11(18)15(19)25-14)9-23-12-5-3-4-6-13(12)24-10-17;/h3-7H,8-10H2,1-2H3,(H,20,22);1H. The van der Waals surface area contributed by atoms with Crippen molar-refractivity contribution in [3.05, 3.63) is 43.5 Å². The second kappa shape index (κ2) is 8.93. The topological polar surface area (TPSA) is 50.8 Å². The molecule has 0 spiro atoms. The molecule has 0 fully saturated rings. The van der Waals surface area contributed by atoms with Gasteiger partial charge in [0.25, 0.3) is 5.91 Å². The number of halogens is 3. The first-order valence-corrected chi connectivity index (χ1v) is 10.1. The highest BCUT2D eigenvalue weighted by molar-refractivity contribution is 9.13. The number of carbonyl (C=O) groups excluding carboxylic acids is 1. The summed E-state index contributed by atoms with van der Waals surface area (Å²) in [6.07, 6.45) is 0. The molecule has 0 bridgehead atoms. The molecule has 0 atom stereocenters. The molecule has 1 aliphatic heterocycles. The van der Waals surface area contributed by atoms with Crippen LogP contribution in [0.2, 0.25) is 0 Å². The minimum atomic E-state index is -0.458. The fraction of sp³-hybridized carbons (Fsp3) is 0.353. The smallest absolute Gasteiger partial charge is 0.261 e. The molecule has 0 radical (unpaired) electrons. The van der Waals surface area contributed by atoms with Crippen molar-refractivity contribution in [2.75, 3.05) is 33.9 Å². The van der Waals surface area contributed by atoms with Gasteiger partial charge in [0.2, 0.25) is 0 Å². The summed E-state index contributed by atoms with van der Waals surface area (Å²) >= 11 is 8.22. The van der Waals surface area contributed by atoms with Gasteiger partial charge in [0.1, 0.15) is 18.8 Å². The first kappa shape index (κ1) is 21.5. The highest BCUT2D eigenvalue weighted by Crippen LogP contribution is 2.33. The number of nitrogens with one attached hydrogen (secondary N) is 1. The van der Waals surface area contributed by atoms with E-state index in [2.05, 4.69) is 37.2 Å². The molecule has 2 aromatic rings. The number of para-hydroxylation sites is 2. The molecule has 1 aliphatic rings. The van der Waals surface area contributed by atoms with Gasteiger partial charge < -0.3 is 14.8 Å². The Balaban J connectivity index is 0.00000243. The van der Waals surface area contributed by atoms with E-state index in [1.165, 1.54) is 11.3 Å². The number of benzene rings is 1. The third kappa shape index (κ3) is 4.54. The fourth-order valence-corrected chi connectivity index (χ4v) is 4.42. The zero-order valence-corrected chi connectivity index (χ0v) is 19.1. The lowest BCUT2D eigenvalue weighted by atomic mass is 10.0. The first-order valence-electron chi connectivity index (χ1n) is 7.66. The number of amides is 1. The number of thiophene rings is 1. The van der Waals surface area contributed by atoms with Gasteiger partial charge in [-0.15, -0.1) is 23.7 Å². The number of hydrogen-bond donors (Lipinski definition) is 1. The molecular weight excluding hydrogens is 508 g/mol. The van der Waals surface area contributed by atoms with E-state index in [0.717, 1.165) is 19.8 Å². The van der Waals surface area contributed by atoms with E-state index in [4.69, 9.17) is 9.47 Å². The van der Waals surface area contributed by atoms with E-state index in [1.54, 1.807) is 0 Å². The van der Waals surface area contributed by atoms with E-state index < -0.39 is 5.54 Å². The van der Waals surface area contributed by atoms with E-state index in [1.807, 2.05) is 49.3 Å². The summed E-state index contributed by atoms with van der Waals surface area (Å²) in [5.41, 5.74) is -0.458. The predicted octanol–water partition coefficient (Wildman–Crippen LogP) is 4.20. The molecular formula is C17H19Br2ClN2O3S. The minimum Gasteiger partial charge on any atom is -0.488 e. The Morgan fingerprint density at radius 2 is 1.81 bits per heavy atom. The summed E-state index contributed by atoms with van der Waals surface area (Å²) in [5, 5.41) is 3.01. The number of fused-ring (bicyclic) bond motifs is 1. The Morgan fingerprint density at radius 3 is 2.27 bits per heavy atom. The maximum atomic E-state index is 12.5. The second-order valence-corrected chi connectivity index (χ2v) is 9.28. The zero-order chi connectivity index (χ0) is 18.0. The largest absolute Gasteiger partial charge is 0.488 e. The lowest BCUT2D eigenvalue weighted by Crippen LogP contribution is -2.59. The van der Waals surface area contributed by atoms with Crippen LogP contribution < -0.4 is 14.8 Å². The number of nitrogens with zero attached hydrogens (tertiary/aromatic N) is 1. The van der Waals surface area contributed by atoms with Crippen molar-refractivity contribution in [3.63, 3.8) is 0 Å². The van der Waals surface area contributed by atoms with Gasteiger partial charge in [0, 0.05) is 11.0 Å². The summed E-state index contributed by atoms with van der Waals surface area (Å²) in [7, 11) is 3.93. The molecule has 9 heteroatoms. The van der Waals surface area contributed by atoms with Crippen LogP contribution in [0.15, 0.2) is 38.6 Å². The molecule has 0 aliphatic carbocycles. The van der Waals surface area contributed by atoms with Crippen LogP contribution in [0.25, 0.3) is 0 Å². The monoisotopic (exact) mass is 524 g/mol. The summed E-state index contributed by atoms with van der Waals surface area (Å²) in [6.45, 7) is 1.27. The van der Waals surface area contributed by atoms with Crippen molar-refractivity contribution in [2.45, 2.75) is 5.54 Å². The van der Waals surface area contributed by atoms with Gasteiger partial charge in [0.05, 0.1) is 8.66 Å². The first-order chi connectivity index (χ1) is 11.9. The molecule has 3 rings (SSSR count). The Labute approximate surface area is 179 Å². The Kier molecular flexibility index (Phi) is 7.38. The highest BCUT2D eigenvalue weighted by atomic mass is 79.9. The Hall–Kier alpha value is -0.800. The second-order valence-electron chi connectivity index (χ2n) is 6.06. The average Bonchev–Trinajstić information content (AvgIpc) is 2.82. The molecule has 0 saturated carbocycles. The number of ether oxygens (including phenoxy) is 2. The van der Waals surface area contributed by atoms with Crippen LogP contribution in [0.5, 0.6) is 11.5 Å². The van der Waals surface area contributed by atoms with Crippen LogP contribution in [0.4, 0.5) is 0 Å². The van der Waals surface area contributed by atoms with Gasteiger partial charge in [-0.2, -0.15) is 0 Å². The number of hydrogen-bond acceptors (Lipinski definition) is 5. The summed E-state index contributed by atoms with van der Waals surface area (Å²) in [4.78, 5) is 15.2. The van der Waals surface area contributed by atoms with Crippen LogP contribution >= 0.6 is 55.6 Å². The summed E-state index contributed by atoms with van der Waals surface area (Å²) in [5.74, 6) is 1.34. The maximum absolute atomic E-state index is 12.5. The quantitative estimate of drug-likeness (QED) is 0.649. The van der Waals surface area contributed by atoms with Crippen LogP contribution in [-0.4, -0.2) is 50.2 Å². The van der Waals surface area contributed by atoms with Crippen molar-refractivity contribution in [1.82, 2.24) is 10.2 Å². The van der Waals surface area contributed by atoms with Crippen LogP contribution in [-0.2, 0) is 0 Å². The van der Waals surface area contributed by atoms with Crippen molar-refractivity contribution in [2.24, 2.45) is 0 Å². The minimum absolute atomic E-state index is 0. The lowest BCUT2D eigenvalue weighted by Gasteiger charge is -2.37. The Morgan fingerprint density at radius 1 is 1.23 bits per heavy atom.